The molecule has 1 aliphatic carbocycles. The number of hydrogen-bond donors (Lipinski definition) is 2. The Kier molecular flexibility index (Phi) is 5.61. The van der Waals surface area contributed by atoms with E-state index in [4.69, 9.17) is 4.74 Å². The van der Waals surface area contributed by atoms with E-state index in [0.29, 0.717) is 12.1 Å². The predicted octanol–water partition coefficient (Wildman–Crippen LogP) is 2.47. The first-order valence-electron chi connectivity index (χ1n) is 7.83. The zero-order valence-corrected chi connectivity index (χ0v) is 14.2. The number of rotatable bonds is 6. The molecule has 0 saturated heterocycles. The summed E-state index contributed by atoms with van der Waals surface area (Å²) < 4.78 is 5.80. The average molecular weight is 284 g/mol. The molecular weight excluding hydrogens is 252 g/mol. The van der Waals surface area contributed by atoms with Gasteiger partial charge in [-0.3, -0.25) is 4.79 Å². The van der Waals surface area contributed by atoms with Crippen LogP contribution in [-0.2, 0) is 9.53 Å². The minimum absolute atomic E-state index is 0.0656. The first-order valence-corrected chi connectivity index (χ1v) is 7.83. The van der Waals surface area contributed by atoms with Gasteiger partial charge in [0.25, 0.3) is 0 Å². The van der Waals surface area contributed by atoms with E-state index in [1.165, 1.54) is 0 Å². The second-order valence-electron chi connectivity index (χ2n) is 7.22. The van der Waals surface area contributed by atoms with Crippen molar-refractivity contribution in [3.05, 3.63) is 0 Å². The number of nitrogens with one attached hydrogen (secondary N) is 2. The lowest BCUT2D eigenvalue weighted by Gasteiger charge is -2.54. The molecule has 0 aromatic heterocycles. The largest absolute Gasteiger partial charge is 0.378 e. The Morgan fingerprint density at radius 2 is 2.00 bits per heavy atom. The van der Waals surface area contributed by atoms with Gasteiger partial charge in [0.1, 0.15) is 0 Å². The fourth-order valence-corrected chi connectivity index (χ4v) is 2.86. The third-order valence-electron chi connectivity index (χ3n) is 4.45. The lowest BCUT2D eigenvalue weighted by Crippen LogP contribution is -2.65. The lowest BCUT2D eigenvalue weighted by molar-refractivity contribution is -0.136. The molecule has 1 saturated carbocycles. The van der Waals surface area contributed by atoms with Crippen LogP contribution in [0.2, 0.25) is 0 Å². The number of carbonyl (C=O) groups excluding carboxylic acids is 1. The molecule has 118 valence electrons. The zero-order valence-electron chi connectivity index (χ0n) is 14.2. The maximum Gasteiger partial charge on any atom is 0.237 e. The van der Waals surface area contributed by atoms with Gasteiger partial charge in [-0.25, -0.2) is 0 Å². The van der Waals surface area contributed by atoms with Gasteiger partial charge >= 0.3 is 0 Å². The highest BCUT2D eigenvalue weighted by molar-refractivity contribution is 5.82. The molecule has 1 rings (SSSR count). The molecule has 0 aromatic carbocycles. The Hall–Kier alpha value is -0.610. The highest BCUT2D eigenvalue weighted by atomic mass is 16.5. The summed E-state index contributed by atoms with van der Waals surface area (Å²) in [6.07, 6.45) is 2.36. The molecule has 0 bridgehead atoms. The number of ether oxygens (including phenoxy) is 1. The molecule has 1 aliphatic rings. The molecule has 4 nitrogen and oxygen atoms in total. The van der Waals surface area contributed by atoms with Gasteiger partial charge in [-0.15, -0.1) is 0 Å². The third-order valence-corrected chi connectivity index (χ3v) is 4.45. The van der Waals surface area contributed by atoms with Gasteiger partial charge in [-0.2, -0.15) is 0 Å². The smallest absolute Gasteiger partial charge is 0.237 e. The van der Waals surface area contributed by atoms with Crippen molar-refractivity contribution < 1.29 is 9.53 Å². The second kappa shape index (κ2) is 6.44. The summed E-state index contributed by atoms with van der Waals surface area (Å²) in [5.74, 6) is 0.0656. The monoisotopic (exact) mass is 284 g/mol. The first kappa shape index (κ1) is 17.4. The highest BCUT2D eigenvalue weighted by Crippen LogP contribution is 2.46. The molecule has 0 spiro atoms. The van der Waals surface area contributed by atoms with E-state index < -0.39 is 0 Å². The summed E-state index contributed by atoms with van der Waals surface area (Å²) in [7, 11) is 0. The molecule has 4 atom stereocenters. The Morgan fingerprint density at radius 3 is 2.45 bits per heavy atom. The Balaban J connectivity index is 2.55. The van der Waals surface area contributed by atoms with Crippen LogP contribution in [0, 0.1) is 5.41 Å². The third kappa shape index (κ3) is 3.95. The van der Waals surface area contributed by atoms with E-state index in [1.54, 1.807) is 0 Å². The van der Waals surface area contributed by atoms with E-state index in [-0.39, 0.29) is 22.9 Å². The summed E-state index contributed by atoms with van der Waals surface area (Å²) >= 11 is 0. The van der Waals surface area contributed by atoms with Crippen LogP contribution in [0.4, 0.5) is 0 Å². The van der Waals surface area contributed by atoms with Crippen molar-refractivity contribution in [3.8, 4) is 0 Å². The quantitative estimate of drug-likeness (QED) is 0.788. The molecular formula is C16H32N2O2. The van der Waals surface area contributed by atoms with Crippen LogP contribution in [0.15, 0.2) is 0 Å². The molecule has 20 heavy (non-hydrogen) atoms. The molecule has 0 heterocycles. The van der Waals surface area contributed by atoms with Crippen molar-refractivity contribution in [2.45, 2.75) is 85.0 Å². The maximum atomic E-state index is 12.1. The Morgan fingerprint density at radius 1 is 1.40 bits per heavy atom. The normalized spacial score (nSPS) is 31.6. The molecule has 4 unspecified atom stereocenters. The second-order valence-corrected chi connectivity index (χ2v) is 7.22. The standard InChI is InChI=1S/C16H32N2O2/c1-8-16(7)12(10-13(16)20-9-2)17-11(3)14(19)18-15(4,5)6/h11-13,17H,8-10H2,1-7H3,(H,18,19). The van der Waals surface area contributed by atoms with Gasteiger partial charge < -0.3 is 15.4 Å². The van der Waals surface area contributed by atoms with E-state index in [0.717, 1.165) is 19.4 Å². The number of amides is 1. The van der Waals surface area contributed by atoms with Gasteiger partial charge in [0.15, 0.2) is 0 Å². The van der Waals surface area contributed by atoms with Gasteiger partial charge in [0.2, 0.25) is 5.91 Å². The van der Waals surface area contributed by atoms with Gasteiger partial charge in [-0.1, -0.05) is 13.8 Å². The molecule has 0 radical (unpaired) electrons. The van der Waals surface area contributed by atoms with E-state index in [1.807, 2.05) is 34.6 Å². The van der Waals surface area contributed by atoms with Crippen molar-refractivity contribution in [1.82, 2.24) is 10.6 Å². The summed E-state index contributed by atoms with van der Waals surface area (Å²) in [6, 6.07) is 0.178. The van der Waals surface area contributed by atoms with Crippen molar-refractivity contribution in [2.24, 2.45) is 5.41 Å². The summed E-state index contributed by atoms with van der Waals surface area (Å²) in [6.45, 7) is 15.2. The van der Waals surface area contributed by atoms with Crippen molar-refractivity contribution in [1.29, 1.82) is 0 Å². The van der Waals surface area contributed by atoms with E-state index in [9.17, 15) is 4.79 Å². The van der Waals surface area contributed by atoms with Crippen molar-refractivity contribution in [3.63, 3.8) is 0 Å². The minimum Gasteiger partial charge on any atom is -0.378 e. The van der Waals surface area contributed by atoms with Crippen molar-refractivity contribution in [2.75, 3.05) is 6.61 Å². The first-order chi connectivity index (χ1) is 9.14. The molecule has 0 aromatic rings. The summed E-state index contributed by atoms with van der Waals surface area (Å²) in [5.41, 5.74) is -0.0547. The fourth-order valence-electron chi connectivity index (χ4n) is 2.86. The molecule has 1 amide bonds. The maximum absolute atomic E-state index is 12.1. The SMILES string of the molecule is CCOC1CC(NC(C)C(=O)NC(C)(C)C)C1(C)CC. The summed E-state index contributed by atoms with van der Waals surface area (Å²) in [4.78, 5) is 12.1. The summed E-state index contributed by atoms with van der Waals surface area (Å²) in [5, 5.41) is 6.50. The fraction of sp³-hybridized carbons (Fsp3) is 0.938. The van der Waals surface area contributed by atoms with Crippen LogP contribution in [0.3, 0.4) is 0 Å². The van der Waals surface area contributed by atoms with Gasteiger partial charge in [-0.05, 0) is 47.5 Å². The van der Waals surface area contributed by atoms with Crippen LogP contribution in [0.1, 0.15) is 61.3 Å². The molecule has 1 fully saturated rings. The van der Waals surface area contributed by atoms with Crippen LogP contribution >= 0.6 is 0 Å². The molecule has 4 heteroatoms. The minimum atomic E-state index is -0.186. The molecule has 0 aliphatic heterocycles. The Bertz CT molecular complexity index is 338. The van der Waals surface area contributed by atoms with Crippen molar-refractivity contribution >= 4 is 5.91 Å². The van der Waals surface area contributed by atoms with Gasteiger partial charge in [0, 0.05) is 23.6 Å². The van der Waals surface area contributed by atoms with Crippen LogP contribution < -0.4 is 10.6 Å². The average Bonchev–Trinajstić information content (AvgIpc) is 2.34. The van der Waals surface area contributed by atoms with E-state index in [2.05, 4.69) is 24.5 Å². The van der Waals surface area contributed by atoms with Crippen LogP contribution in [-0.4, -0.2) is 36.2 Å². The lowest BCUT2D eigenvalue weighted by atomic mass is 9.61. The topological polar surface area (TPSA) is 50.4 Å². The number of hydrogen-bond acceptors (Lipinski definition) is 3. The zero-order chi connectivity index (χ0) is 15.6. The Labute approximate surface area is 124 Å². The van der Waals surface area contributed by atoms with Gasteiger partial charge in [0.05, 0.1) is 12.1 Å². The molecule has 2 N–H and O–H groups in total. The highest BCUT2D eigenvalue weighted by Gasteiger charge is 2.51. The van der Waals surface area contributed by atoms with Crippen LogP contribution in [0.5, 0.6) is 0 Å². The van der Waals surface area contributed by atoms with Crippen LogP contribution in [0.25, 0.3) is 0 Å². The predicted molar refractivity (Wildman–Crippen MR) is 82.7 cm³/mol. The number of carbonyl (C=O) groups is 1. The van der Waals surface area contributed by atoms with E-state index >= 15 is 0 Å².